The van der Waals surface area contributed by atoms with Gasteiger partial charge in [0.1, 0.15) is 11.5 Å². The fourth-order valence-electron chi connectivity index (χ4n) is 5.08. The highest BCUT2D eigenvalue weighted by atomic mass is 15.3. The average Bonchev–Trinajstić information content (AvgIpc) is 3.31. The van der Waals surface area contributed by atoms with Crippen LogP contribution in [-0.4, -0.2) is 51.1 Å². The molecule has 0 bridgehead atoms. The molecule has 1 saturated carbocycles. The van der Waals surface area contributed by atoms with Crippen molar-refractivity contribution in [3.63, 3.8) is 0 Å². The first-order valence-corrected chi connectivity index (χ1v) is 11.1. The molecule has 6 heteroatoms. The standard InChI is InChI=1S/C23H36N6/c1-16-12-25-28(5)22(16)20-6-7-21(27-26-20)24-13-17-10-18-14-29(15-19(18)11-17)9-8-23(2,3)4/h6-7,12,17-19H,8-11,13-15H2,1-5H3,(H,24,27)/t17?,18-,19+. The third-order valence-electron chi connectivity index (χ3n) is 6.70. The first-order valence-electron chi connectivity index (χ1n) is 11.1. The zero-order chi connectivity index (χ0) is 20.6. The van der Waals surface area contributed by atoms with E-state index in [-0.39, 0.29) is 0 Å². The highest BCUT2D eigenvalue weighted by Gasteiger charge is 2.40. The molecule has 2 fully saturated rings. The maximum atomic E-state index is 4.42. The number of fused-ring (bicyclic) bond motifs is 1. The van der Waals surface area contributed by atoms with Gasteiger partial charge < -0.3 is 10.2 Å². The molecular weight excluding hydrogens is 360 g/mol. The molecule has 1 aliphatic heterocycles. The van der Waals surface area contributed by atoms with Crippen LogP contribution in [-0.2, 0) is 7.05 Å². The zero-order valence-corrected chi connectivity index (χ0v) is 18.6. The van der Waals surface area contributed by atoms with Crippen LogP contribution in [0.2, 0.25) is 0 Å². The molecule has 158 valence electrons. The second-order valence-electron chi connectivity index (χ2n) is 10.4. The van der Waals surface area contributed by atoms with Crippen LogP contribution in [0.15, 0.2) is 18.3 Å². The van der Waals surface area contributed by atoms with E-state index in [1.165, 1.54) is 38.9 Å². The van der Waals surface area contributed by atoms with Crippen LogP contribution in [0.1, 0.15) is 45.6 Å². The van der Waals surface area contributed by atoms with Crippen LogP contribution >= 0.6 is 0 Å². The molecule has 0 spiro atoms. The summed E-state index contributed by atoms with van der Waals surface area (Å²) >= 11 is 0. The van der Waals surface area contributed by atoms with Crippen LogP contribution < -0.4 is 5.32 Å². The van der Waals surface area contributed by atoms with E-state index in [2.05, 4.69) is 53.2 Å². The van der Waals surface area contributed by atoms with Gasteiger partial charge in [-0.1, -0.05) is 20.8 Å². The summed E-state index contributed by atoms with van der Waals surface area (Å²) in [5.41, 5.74) is 3.47. The number of aryl methyl sites for hydroxylation is 2. The summed E-state index contributed by atoms with van der Waals surface area (Å²) in [5.74, 6) is 3.42. The molecule has 2 aliphatic rings. The number of nitrogens with one attached hydrogen (secondary N) is 1. The van der Waals surface area contributed by atoms with Gasteiger partial charge in [0.25, 0.3) is 0 Å². The number of hydrogen-bond donors (Lipinski definition) is 1. The maximum Gasteiger partial charge on any atom is 0.148 e. The first kappa shape index (κ1) is 20.3. The molecule has 1 aliphatic carbocycles. The van der Waals surface area contributed by atoms with E-state index in [4.69, 9.17) is 0 Å². The van der Waals surface area contributed by atoms with E-state index in [0.29, 0.717) is 5.41 Å². The van der Waals surface area contributed by atoms with Crippen molar-refractivity contribution in [1.29, 1.82) is 0 Å². The molecule has 0 amide bonds. The largest absolute Gasteiger partial charge is 0.368 e. The van der Waals surface area contributed by atoms with E-state index in [1.807, 2.05) is 30.1 Å². The van der Waals surface area contributed by atoms with Gasteiger partial charge in [-0.2, -0.15) is 5.10 Å². The van der Waals surface area contributed by atoms with Crippen molar-refractivity contribution in [3.05, 3.63) is 23.9 Å². The van der Waals surface area contributed by atoms with Crippen molar-refractivity contribution in [2.24, 2.45) is 30.2 Å². The molecule has 0 radical (unpaired) electrons. The van der Waals surface area contributed by atoms with Crippen LogP contribution in [0.25, 0.3) is 11.4 Å². The van der Waals surface area contributed by atoms with E-state index >= 15 is 0 Å². The minimum absolute atomic E-state index is 0.441. The second kappa shape index (κ2) is 8.05. The van der Waals surface area contributed by atoms with Gasteiger partial charge in [-0.15, -0.1) is 10.2 Å². The topological polar surface area (TPSA) is 58.9 Å². The van der Waals surface area contributed by atoms with Crippen molar-refractivity contribution in [3.8, 4) is 11.4 Å². The Bertz CT molecular complexity index is 785. The SMILES string of the molecule is Cc1cnn(C)c1-c1ccc(NCC2C[C@@H]3CN(CCC(C)(C)C)C[C@@H]3C2)nn1. The lowest BCUT2D eigenvalue weighted by atomic mass is 9.92. The van der Waals surface area contributed by atoms with Gasteiger partial charge in [-0.05, 0) is 73.6 Å². The van der Waals surface area contributed by atoms with E-state index in [1.54, 1.807) is 0 Å². The molecule has 1 unspecified atom stereocenters. The minimum atomic E-state index is 0.441. The Hall–Kier alpha value is -1.95. The smallest absolute Gasteiger partial charge is 0.148 e. The lowest BCUT2D eigenvalue weighted by molar-refractivity contribution is 0.246. The number of anilines is 1. The minimum Gasteiger partial charge on any atom is -0.368 e. The van der Waals surface area contributed by atoms with Gasteiger partial charge in [0.15, 0.2) is 0 Å². The monoisotopic (exact) mass is 396 g/mol. The first-order chi connectivity index (χ1) is 13.8. The highest BCUT2D eigenvalue weighted by Crippen LogP contribution is 2.41. The predicted octanol–water partition coefficient (Wildman–Crippen LogP) is 3.99. The van der Waals surface area contributed by atoms with E-state index in [0.717, 1.165) is 47.1 Å². The molecular formula is C23H36N6. The Balaban J connectivity index is 1.24. The zero-order valence-electron chi connectivity index (χ0n) is 18.6. The Kier molecular flexibility index (Phi) is 5.65. The summed E-state index contributed by atoms with van der Waals surface area (Å²) in [7, 11) is 1.94. The van der Waals surface area contributed by atoms with Crippen molar-refractivity contribution in [2.45, 2.75) is 47.0 Å². The molecule has 0 aromatic carbocycles. The molecule has 4 rings (SSSR count). The molecule has 3 atom stereocenters. The van der Waals surface area contributed by atoms with Gasteiger partial charge in [0, 0.05) is 26.7 Å². The fraction of sp³-hybridized carbons (Fsp3) is 0.696. The Morgan fingerprint density at radius 1 is 1.10 bits per heavy atom. The molecule has 6 nitrogen and oxygen atoms in total. The van der Waals surface area contributed by atoms with Gasteiger partial charge in [0.2, 0.25) is 0 Å². The summed E-state index contributed by atoms with van der Waals surface area (Å²) in [5, 5.41) is 16.6. The normalized spacial score (nSPS) is 24.8. The van der Waals surface area contributed by atoms with Gasteiger partial charge in [-0.25, -0.2) is 0 Å². The summed E-state index contributed by atoms with van der Waals surface area (Å²) < 4.78 is 1.86. The highest BCUT2D eigenvalue weighted by molar-refractivity contribution is 5.59. The fourth-order valence-corrected chi connectivity index (χ4v) is 5.08. The second-order valence-corrected chi connectivity index (χ2v) is 10.4. The molecule has 1 saturated heterocycles. The number of nitrogens with zero attached hydrogens (tertiary/aromatic N) is 5. The molecule has 1 N–H and O–H groups in total. The average molecular weight is 397 g/mol. The van der Waals surface area contributed by atoms with Crippen molar-refractivity contribution in [1.82, 2.24) is 24.9 Å². The van der Waals surface area contributed by atoms with E-state index < -0.39 is 0 Å². The van der Waals surface area contributed by atoms with Crippen molar-refractivity contribution >= 4 is 5.82 Å². The number of aromatic nitrogens is 4. The lowest BCUT2D eigenvalue weighted by Gasteiger charge is -2.24. The summed E-state index contributed by atoms with van der Waals surface area (Å²) in [6.45, 7) is 14.0. The summed E-state index contributed by atoms with van der Waals surface area (Å²) in [4.78, 5) is 2.70. The molecule has 29 heavy (non-hydrogen) atoms. The van der Waals surface area contributed by atoms with Crippen molar-refractivity contribution < 1.29 is 0 Å². The number of hydrogen-bond acceptors (Lipinski definition) is 5. The quantitative estimate of drug-likeness (QED) is 0.800. The lowest BCUT2D eigenvalue weighted by Crippen LogP contribution is -2.27. The van der Waals surface area contributed by atoms with Crippen LogP contribution in [0.4, 0.5) is 5.82 Å². The number of likely N-dealkylation sites (tertiary alicyclic amines) is 1. The van der Waals surface area contributed by atoms with Gasteiger partial charge in [-0.3, -0.25) is 4.68 Å². The van der Waals surface area contributed by atoms with Gasteiger partial charge >= 0.3 is 0 Å². The van der Waals surface area contributed by atoms with Crippen LogP contribution in [0.5, 0.6) is 0 Å². The van der Waals surface area contributed by atoms with Crippen LogP contribution in [0.3, 0.4) is 0 Å². The van der Waals surface area contributed by atoms with Crippen molar-refractivity contribution in [2.75, 3.05) is 31.5 Å². The molecule has 2 aromatic heterocycles. The Labute approximate surface area is 175 Å². The predicted molar refractivity (Wildman–Crippen MR) is 118 cm³/mol. The summed E-state index contributed by atoms with van der Waals surface area (Å²) in [6, 6.07) is 4.08. The Morgan fingerprint density at radius 3 is 2.38 bits per heavy atom. The van der Waals surface area contributed by atoms with Gasteiger partial charge in [0.05, 0.1) is 11.9 Å². The van der Waals surface area contributed by atoms with E-state index in [9.17, 15) is 0 Å². The Morgan fingerprint density at radius 2 is 1.83 bits per heavy atom. The number of rotatable bonds is 6. The third-order valence-corrected chi connectivity index (χ3v) is 6.70. The summed E-state index contributed by atoms with van der Waals surface area (Å²) in [6.07, 6.45) is 5.86. The molecule has 2 aromatic rings. The molecule has 3 heterocycles. The van der Waals surface area contributed by atoms with Crippen LogP contribution in [0, 0.1) is 30.1 Å². The maximum absolute atomic E-state index is 4.42. The third kappa shape index (κ3) is 4.80.